The highest BCUT2D eigenvalue weighted by molar-refractivity contribution is 5.68. The average Bonchev–Trinajstić information content (AvgIpc) is 2.32. The molecule has 0 spiro atoms. The van der Waals surface area contributed by atoms with Gasteiger partial charge >= 0.3 is 6.09 Å². The van der Waals surface area contributed by atoms with Gasteiger partial charge in [0.1, 0.15) is 5.60 Å². The van der Waals surface area contributed by atoms with Crippen LogP contribution in [-0.2, 0) is 11.2 Å². The number of alkyl carbamates (subject to hydrolysis) is 1. The summed E-state index contributed by atoms with van der Waals surface area (Å²) in [6.45, 7) is 8.01. The highest BCUT2D eigenvalue weighted by atomic mass is 16.6. The van der Waals surface area contributed by atoms with Crippen molar-refractivity contribution in [2.75, 3.05) is 6.54 Å². The van der Waals surface area contributed by atoms with E-state index in [1.165, 1.54) is 11.1 Å². The van der Waals surface area contributed by atoms with Crippen LogP contribution in [0.2, 0.25) is 0 Å². The summed E-state index contributed by atoms with van der Waals surface area (Å²) in [6, 6.07) is 8.30. The van der Waals surface area contributed by atoms with Crippen LogP contribution in [0.3, 0.4) is 0 Å². The number of nitrogens with two attached hydrogens (primary N) is 1. The topological polar surface area (TPSA) is 64.3 Å². The molecule has 3 N–H and O–H groups in total. The number of hydrogen-bond acceptors (Lipinski definition) is 3. The SMILES string of the molecule is Cc1cccc(CCC(CN)NC(=O)OC(C)(C)C)c1. The van der Waals surface area contributed by atoms with Gasteiger partial charge in [-0.3, -0.25) is 0 Å². The van der Waals surface area contributed by atoms with Crippen LogP contribution in [0.1, 0.15) is 38.3 Å². The normalized spacial score (nSPS) is 12.8. The molecule has 112 valence electrons. The highest BCUT2D eigenvalue weighted by Crippen LogP contribution is 2.10. The fourth-order valence-electron chi connectivity index (χ4n) is 1.93. The minimum Gasteiger partial charge on any atom is -0.444 e. The van der Waals surface area contributed by atoms with Gasteiger partial charge in [-0.25, -0.2) is 4.79 Å². The third-order valence-electron chi connectivity index (χ3n) is 2.87. The number of ether oxygens (including phenoxy) is 1. The van der Waals surface area contributed by atoms with Crippen LogP contribution in [-0.4, -0.2) is 24.3 Å². The summed E-state index contributed by atoms with van der Waals surface area (Å²) in [4.78, 5) is 11.7. The number of carbonyl (C=O) groups excluding carboxylic acids is 1. The van der Waals surface area contributed by atoms with Gasteiger partial charge in [-0.2, -0.15) is 0 Å². The van der Waals surface area contributed by atoms with Crippen LogP contribution in [0.15, 0.2) is 24.3 Å². The number of benzene rings is 1. The minimum absolute atomic E-state index is 0.0645. The quantitative estimate of drug-likeness (QED) is 0.870. The summed E-state index contributed by atoms with van der Waals surface area (Å²) in [5, 5.41) is 2.82. The molecule has 1 rings (SSSR count). The fourth-order valence-corrected chi connectivity index (χ4v) is 1.93. The van der Waals surface area contributed by atoms with Gasteiger partial charge in [0.2, 0.25) is 0 Å². The molecule has 0 fully saturated rings. The molecular formula is C16H26N2O2. The number of amides is 1. The molecule has 4 heteroatoms. The molecule has 0 aliphatic carbocycles. The first kappa shape index (κ1) is 16.5. The van der Waals surface area contributed by atoms with E-state index in [9.17, 15) is 4.79 Å². The third kappa shape index (κ3) is 6.57. The van der Waals surface area contributed by atoms with Crippen molar-refractivity contribution in [1.82, 2.24) is 5.32 Å². The van der Waals surface area contributed by atoms with Crippen LogP contribution in [0.25, 0.3) is 0 Å². The fraction of sp³-hybridized carbons (Fsp3) is 0.562. The van der Waals surface area contributed by atoms with Crippen molar-refractivity contribution in [2.24, 2.45) is 5.73 Å². The van der Waals surface area contributed by atoms with E-state index >= 15 is 0 Å². The second kappa shape index (κ2) is 7.29. The van der Waals surface area contributed by atoms with E-state index in [0.717, 1.165) is 12.8 Å². The van der Waals surface area contributed by atoms with Gasteiger partial charge in [0, 0.05) is 12.6 Å². The molecule has 0 aromatic heterocycles. The first-order valence-corrected chi connectivity index (χ1v) is 7.05. The van der Waals surface area contributed by atoms with Gasteiger partial charge in [0.05, 0.1) is 0 Å². The van der Waals surface area contributed by atoms with E-state index in [2.05, 4.69) is 30.4 Å². The molecule has 4 nitrogen and oxygen atoms in total. The molecule has 1 aromatic rings. The molecule has 0 bridgehead atoms. The van der Waals surface area contributed by atoms with Gasteiger partial charge in [-0.1, -0.05) is 29.8 Å². The summed E-state index contributed by atoms with van der Waals surface area (Å²) in [6.07, 6.45) is 1.29. The van der Waals surface area contributed by atoms with Gasteiger partial charge in [0.15, 0.2) is 0 Å². The molecule has 0 aliphatic rings. The second-order valence-corrected chi connectivity index (χ2v) is 6.11. The summed E-state index contributed by atoms with van der Waals surface area (Å²) < 4.78 is 5.24. The Kier molecular flexibility index (Phi) is 6.02. The first-order chi connectivity index (χ1) is 9.30. The van der Waals surface area contributed by atoms with Crippen molar-refractivity contribution in [3.05, 3.63) is 35.4 Å². The second-order valence-electron chi connectivity index (χ2n) is 6.11. The lowest BCUT2D eigenvalue weighted by Gasteiger charge is -2.23. The van der Waals surface area contributed by atoms with E-state index in [-0.39, 0.29) is 6.04 Å². The summed E-state index contributed by atoms with van der Waals surface area (Å²) >= 11 is 0. The summed E-state index contributed by atoms with van der Waals surface area (Å²) in [7, 11) is 0. The van der Waals surface area contributed by atoms with Gasteiger partial charge in [-0.15, -0.1) is 0 Å². The zero-order valence-corrected chi connectivity index (χ0v) is 12.9. The maximum Gasteiger partial charge on any atom is 0.407 e. The average molecular weight is 278 g/mol. The smallest absolute Gasteiger partial charge is 0.407 e. The van der Waals surface area contributed by atoms with Crippen molar-refractivity contribution < 1.29 is 9.53 Å². The van der Waals surface area contributed by atoms with Crippen molar-refractivity contribution in [3.63, 3.8) is 0 Å². The molecular weight excluding hydrogens is 252 g/mol. The zero-order valence-electron chi connectivity index (χ0n) is 12.9. The van der Waals surface area contributed by atoms with Crippen LogP contribution in [0.4, 0.5) is 4.79 Å². The molecule has 0 aliphatic heterocycles. The largest absolute Gasteiger partial charge is 0.444 e. The zero-order chi connectivity index (χ0) is 15.2. The Morgan fingerprint density at radius 3 is 2.65 bits per heavy atom. The number of carbonyl (C=O) groups is 1. The van der Waals surface area contributed by atoms with Crippen molar-refractivity contribution in [2.45, 2.75) is 52.2 Å². The van der Waals surface area contributed by atoms with Crippen LogP contribution in [0, 0.1) is 6.92 Å². The molecule has 1 atom stereocenters. The van der Waals surface area contributed by atoms with Crippen molar-refractivity contribution >= 4 is 6.09 Å². The lowest BCUT2D eigenvalue weighted by atomic mass is 10.0. The minimum atomic E-state index is -0.486. The third-order valence-corrected chi connectivity index (χ3v) is 2.87. The van der Waals surface area contributed by atoms with Gasteiger partial charge in [0.25, 0.3) is 0 Å². The Morgan fingerprint density at radius 1 is 1.40 bits per heavy atom. The highest BCUT2D eigenvalue weighted by Gasteiger charge is 2.18. The Bertz CT molecular complexity index is 438. The van der Waals surface area contributed by atoms with Crippen LogP contribution < -0.4 is 11.1 Å². The molecule has 0 saturated carbocycles. The maximum atomic E-state index is 11.7. The molecule has 20 heavy (non-hydrogen) atoms. The lowest BCUT2D eigenvalue weighted by molar-refractivity contribution is 0.0503. The van der Waals surface area contributed by atoms with Crippen molar-refractivity contribution in [1.29, 1.82) is 0 Å². The van der Waals surface area contributed by atoms with E-state index in [1.54, 1.807) is 0 Å². The van der Waals surface area contributed by atoms with Gasteiger partial charge in [-0.05, 0) is 46.1 Å². The maximum absolute atomic E-state index is 11.7. The molecule has 0 heterocycles. The predicted molar refractivity (Wildman–Crippen MR) is 81.7 cm³/mol. The number of aryl methyl sites for hydroxylation is 2. The number of hydrogen-bond donors (Lipinski definition) is 2. The molecule has 1 aromatic carbocycles. The van der Waals surface area contributed by atoms with E-state index in [4.69, 9.17) is 10.5 Å². The summed E-state index contributed by atoms with van der Waals surface area (Å²) in [5.74, 6) is 0. The lowest BCUT2D eigenvalue weighted by Crippen LogP contribution is -2.43. The van der Waals surface area contributed by atoms with E-state index in [0.29, 0.717) is 6.54 Å². The van der Waals surface area contributed by atoms with Crippen molar-refractivity contribution in [3.8, 4) is 0 Å². The number of rotatable bonds is 5. The predicted octanol–water partition coefficient (Wildman–Crippen LogP) is 2.78. The van der Waals surface area contributed by atoms with Crippen LogP contribution >= 0.6 is 0 Å². The Labute approximate surface area is 121 Å². The van der Waals surface area contributed by atoms with Crippen LogP contribution in [0.5, 0.6) is 0 Å². The Balaban J connectivity index is 2.45. The Hall–Kier alpha value is -1.55. The summed E-state index contributed by atoms with van der Waals surface area (Å²) in [5.41, 5.74) is 7.72. The molecule has 1 unspecified atom stereocenters. The van der Waals surface area contributed by atoms with E-state index < -0.39 is 11.7 Å². The first-order valence-electron chi connectivity index (χ1n) is 7.05. The molecule has 0 saturated heterocycles. The van der Waals surface area contributed by atoms with E-state index in [1.807, 2.05) is 26.8 Å². The Morgan fingerprint density at radius 2 is 2.10 bits per heavy atom. The number of nitrogens with one attached hydrogen (secondary N) is 1. The molecule has 1 amide bonds. The molecule has 0 radical (unpaired) electrons. The standard InChI is InChI=1S/C16H26N2O2/c1-12-6-5-7-13(10-12)8-9-14(11-17)18-15(19)20-16(2,3)4/h5-7,10,14H,8-9,11,17H2,1-4H3,(H,18,19). The monoisotopic (exact) mass is 278 g/mol. The van der Waals surface area contributed by atoms with Gasteiger partial charge < -0.3 is 15.8 Å².